The molecule has 0 unspecified atom stereocenters. The van der Waals surface area contributed by atoms with Crippen molar-refractivity contribution < 1.29 is 4.42 Å². The summed E-state index contributed by atoms with van der Waals surface area (Å²) >= 11 is 33.8. The lowest BCUT2D eigenvalue weighted by Gasteiger charge is -2.06. The monoisotopic (exact) mass is 703 g/mol. The molecule has 1 heterocycles. The van der Waals surface area contributed by atoms with Gasteiger partial charge in [-0.15, -0.1) is 0 Å². The van der Waals surface area contributed by atoms with Crippen LogP contribution in [-0.2, 0) is 0 Å². The van der Waals surface area contributed by atoms with E-state index in [0.717, 1.165) is 28.7 Å². The van der Waals surface area contributed by atoms with Crippen molar-refractivity contribution in [3.63, 3.8) is 0 Å². The summed E-state index contributed by atoms with van der Waals surface area (Å²) in [6.45, 7) is 0. The Bertz CT molecular complexity index is 859. The van der Waals surface area contributed by atoms with E-state index in [1.54, 1.807) is 0 Å². The van der Waals surface area contributed by atoms with Gasteiger partial charge >= 0.3 is 0 Å². The van der Waals surface area contributed by atoms with Crippen molar-refractivity contribution in [3.8, 4) is 0 Å². The number of hydrogen-bond donors (Lipinski definition) is 0. The zero-order valence-corrected chi connectivity index (χ0v) is 20.5. The summed E-state index contributed by atoms with van der Waals surface area (Å²) in [5.41, 5.74) is 1.29. The summed E-state index contributed by atoms with van der Waals surface area (Å²) in [4.78, 5) is 0. The Morgan fingerprint density at radius 1 is 0.524 bits per heavy atom. The maximum absolute atomic E-state index is 6.43. The summed E-state index contributed by atoms with van der Waals surface area (Å²) < 4.78 is 10.7. The molecule has 110 valence electrons. The maximum Gasteiger partial charge on any atom is 0.152 e. The second kappa shape index (κ2) is 6.21. The first-order chi connectivity index (χ1) is 9.77. The highest BCUT2D eigenvalue weighted by molar-refractivity contribution is 9.15. The molecule has 3 rings (SSSR count). The molecule has 1 aromatic heterocycles. The summed E-state index contributed by atoms with van der Waals surface area (Å²) in [5, 5.41) is 2.45. The van der Waals surface area contributed by atoms with Crippen LogP contribution in [-0.4, -0.2) is 0 Å². The van der Waals surface area contributed by atoms with Crippen molar-refractivity contribution in [2.75, 3.05) is 0 Å². The molecule has 1 nitrogen and oxygen atoms in total. The second-order valence-electron chi connectivity index (χ2n) is 4.02. The summed E-state index contributed by atoms with van der Waals surface area (Å²) in [6.07, 6.45) is 0. The van der Waals surface area contributed by atoms with Crippen LogP contribution >= 0.6 is 119 Å². The number of fused-ring (bicyclic) bond motifs is 3. The quantitative estimate of drug-likeness (QED) is 0.168. The molecule has 0 radical (unpaired) electrons. The molecule has 0 amide bonds. The molecule has 0 saturated heterocycles. The van der Waals surface area contributed by atoms with Crippen molar-refractivity contribution >= 4 is 141 Å². The number of hydrogen-bond acceptors (Lipinski definition) is 1. The van der Waals surface area contributed by atoms with Crippen LogP contribution in [0.5, 0.6) is 0 Å². The molecule has 3 aromatic rings. The van der Waals surface area contributed by atoms with Gasteiger partial charge in [0.05, 0.1) is 33.3 Å². The van der Waals surface area contributed by atoms with Crippen LogP contribution in [0.2, 0.25) is 10.0 Å². The van der Waals surface area contributed by atoms with Crippen molar-refractivity contribution in [2.45, 2.75) is 0 Å². The van der Waals surface area contributed by atoms with Gasteiger partial charge in [-0.05, 0) is 95.6 Å². The summed E-state index contributed by atoms with van der Waals surface area (Å²) in [5.74, 6) is 0. The molecule has 0 aliphatic rings. The van der Waals surface area contributed by atoms with Gasteiger partial charge in [0.15, 0.2) is 11.2 Å². The van der Waals surface area contributed by atoms with Gasteiger partial charge in [-0.2, -0.15) is 0 Å². The van der Waals surface area contributed by atoms with Gasteiger partial charge in [0.25, 0.3) is 0 Å². The van der Waals surface area contributed by atoms with Gasteiger partial charge in [-0.25, -0.2) is 0 Å². The predicted octanol–water partition coefficient (Wildman–Crippen LogP) is 9.47. The van der Waals surface area contributed by atoms with Gasteiger partial charge in [0, 0.05) is 14.3 Å². The number of rotatable bonds is 0. The fraction of sp³-hybridized carbons (Fsp3) is 0. The van der Waals surface area contributed by atoms with E-state index in [4.69, 9.17) is 27.6 Å². The average Bonchev–Trinajstić information content (AvgIpc) is 2.87. The Morgan fingerprint density at radius 3 is 1.62 bits per heavy atom. The Labute approximate surface area is 179 Å². The molecule has 0 saturated carbocycles. The lowest BCUT2D eigenvalue weighted by molar-refractivity contribution is 0.664. The minimum Gasteiger partial charge on any atom is -0.453 e. The van der Waals surface area contributed by atoms with Crippen molar-refractivity contribution in [1.82, 2.24) is 0 Å². The van der Waals surface area contributed by atoms with Crippen molar-refractivity contribution in [2.24, 2.45) is 0 Å². The van der Waals surface area contributed by atoms with E-state index in [2.05, 4.69) is 95.6 Å². The van der Waals surface area contributed by atoms with E-state index in [1.807, 2.05) is 0 Å². The molecule has 0 fully saturated rings. The fourth-order valence-electron chi connectivity index (χ4n) is 1.96. The van der Waals surface area contributed by atoms with Crippen LogP contribution in [0.3, 0.4) is 0 Å². The zero-order chi connectivity index (χ0) is 15.6. The van der Waals surface area contributed by atoms with Crippen LogP contribution in [0.15, 0.2) is 31.3 Å². The van der Waals surface area contributed by atoms with E-state index in [1.165, 1.54) is 0 Å². The highest BCUT2D eigenvalue weighted by Crippen LogP contribution is 2.52. The summed E-state index contributed by atoms with van der Waals surface area (Å²) in [7, 11) is 0. The molecule has 21 heavy (non-hydrogen) atoms. The van der Waals surface area contributed by atoms with Crippen molar-refractivity contribution in [3.05, 3.63) is 36.9 Å². The van der Waals surface area contributed by atoms with E-state index in [0.29, 0.717) is 30.2 Å². The van der Waals surface area contributed by atoms with E-state index >= 15 is 0 Å². The van der Waals surface area contributed by atoms with E-state index in [-0.39, 0.29) is 0 Å². The van der Waals surface area contributed by atoms with Gasteiger partial charge in [0.1, 0.15) is 0 Å². The zero-order valence-electron chi connectivity index (χ0n) is 9.43. The minimum atomic E-state index is 0.431. The molecular weight excluding hydrogens is 710 g/mol. The van der Waals surface area contributed by atoms with Crippen LogP contribution < -0.4 is 0 Å². The van der Waals surface area contributed by atoms with Crippen LogP contribution in [0, 0.1) is 0 Å². The maximum atomic E-state index is 6.43. The Morgan fingerprint density at radius 2 is 1.00 bits per heavy atom. The normalized spacial score (nSPS) is 11.8. The minimum absolute atomic E-state index is 0.431. The highest BCUT2D eigenvalue weighted by atomic mass is 79.9. The van der Waals surface area contributed by atoms with Crippen molar-refractivity contribution in [1.29, 1.82) is 0 Å². The topological polar surface area (TPSA) is 13.1 Å². The summed E-state index contributed by atoms with van der Waals surface area (Å²) in [6, 6.07) is 0. The first kappa shape index (κ1) is 17.5. The van der Waals surface area contributed by atoms with Crippen LogP contribution in [0.25, 0.3) is 21.9 Å². The lowest BCUT2D eigenvalue weighted by atomic mass is 10.1. The van der Waals surface area contributed by atoms with Gasteiger partial charge < -0.3 is 4.42 Å². The molecule has 0 spiro atoms. The molecular formula is C12Br6Cl2O. The van der Waals surface area contributed by atoms with Gasteiger partial charge in [0.2, 0.25) is 0 Å². The third-order valence-corrected chi connectivity index (χ3v) is 10.8. The molecule has 0 aliphatic carbocycles. The van der Waals surface area contributed by atoms with E-state index in [9.17, 15) is 0 Å². The SMILES string of the molecule is Clc1c(Br)c(Br)c2oc3c(Br)c(Br)c(Br)c(Br)c3c2c1Cl. The van der Waals surface area contributed by atoms with E-state index < -0.39 is 0 Å². The standard InChI is InChI=1S/C12Br6Cl2O/c13-3-1-2-9(19)10(20)6(16)8(18)12(2)21-11(1)7(17)5(15)4(3)14. The third kappa shape index (κ3) is 2.53. The second-order valence-corrected chi connectivity index (χ2v) is 9.54. The molecule has 0 aliphatic heterocycles. The average molecular weight is 710 g/mol. The third-order valence-electron chi connectivity index (χ3n) is 2.90. The Hall–Kier alpha value is 1.70. The Kier molecular flexibility index (Phi) is 5.18. The lowest BCUT2D eigenvalue weighted by Crippen LogP contribution is -1.81. The first-order valence-corrected chi connectivity index (χ1v) is 10.7. The number of benzene rings is 2. The predicted molar refractivity (Wildman–Crippen MR) is 110 cm³/mol. The number of furan rings is 1. The highest BCUT2D eigenvalue weighted by Gasteiger charge is 2.25. The first-order valence-electron chi connectivity index (χ1n) is 5.17. The molecule has 0 atom stereocenters. The van der Waals surface area contributed by atoms with Gasteiger partial charge in [-0.3, -0.25) is 0 Å². The smallest absolute Gasteiger partial charge is 0.152 e. The fourth-order valence-corrected chi connectivity index (χ4v) is 5.87. The van der Waals surface area contributed by atoms with Crippen LogP contribution in [0.4, 0.5) is 0 Å². The van der Waals surface area contributed by atoms with Crippen LogP contribution in [0.1, 0.15) is 0 Å². The van der Waals surface area contributed by atoms with Gasteiger partial charge in [-0.1, -0.05) is 23.2 Å². The Balaban J connectivity index is 2.73. The largest absolute Gasteiger partial charge is 0.453 e. The molecule has 0 N–H and O–H groups in total. The molecule has 9 heteroatoms. The molecule has 2 aromatic carbocycles. The molecule has 0 bridgehead atoms. The number of halogens is 8.